The van der Waals surface area contributed by atoms with Crippen molar-refractivity contribution in [2.45, 2.75) is 58.3 Å². The number of hydrogen-bond acceptors (Lipinski definition) is 3. The van der Waals surface area contributed by atoms with Gasteiger partial charge in [0.15, 0.2) is 6.61 Å². The zero-order chi connectivity index (χ0) is 17.4. The lowest BCUT2D eigenvalue weighted by atomic mass is 9.89. The summed E-state index contributed by atoms with van der Waals surface area (Å²) in [6, 6.07) is 7.75. The largest absolute Gasteiger partial charge is 0.483 e. The molecule has 0 bridgehead atoms. The fraction of sp³-hybridized carbons (Fsp3) is 0.579. The van der Waals surface area contributed by atoms with Crippen molar-refractivity contribution in [3.8, 4) is 5.75 Å². The number of hydrazine groups is 1. The van der Waals surface area contributed by atoms with Crippen LogP contribution in [0.4, 0.5) is 0 Å². The number of amides is 2. The van der Waals surface area contributed by atoms with Crippen LogP contribution in [0.5, 0.6) is 5.75 Å². The fourth-order valence-corrected chi connectivity index (χ4v) is 3.02. The average molecular weight is 332 g/mol. The highest BCUT2D eigenvalue weighted by atomic mass is 16.5. The van der Waals surface area contributed by atoms with Crippen molar-refractivity contribution < 1.29 is 14.3 Å². The highest BCUT2D eigenvalue weighted by Crippen LogP contribution is 2.28. The van der Waals surface area contributed by atoms with E-state index in [-0.39, 0.29) is 24.3 Å². The van der Waals surface area contributed by atoms with Crippen molar-refractivity contribution in [3.63, 3.8) is 0 Å². The molecule has 1 unspecified atom stereocenters. The van der Waals surface area contributed by atoms with Crippen molar-refractivity contribution in [3.05, 3.63) is 29.8 Å². The summed E-state index contributed by atoms with van der Waals surface area (Å²) in [5.41, 5.74) is 6.06. The van der Waals surface area contributed by atoms with E-state index in [1.54, 1.807) is 0 Å². The quantitative estimate of drug-likeness (QED) is 0.785. The fourth-order valence-electron chi connectivity index (χ4n) is 3.02. The molecule has 1 aliphatic rings. The second-order valence-corrected chi connectivity index (χ2v) is 6.51. The van der Waals surface area contributed by atoms with Crippen LogP contribution in [-0.4, -0.2) is 18.4 Å². The van der Waals surface area contributed by atoms with Gasteiger partial charge >= 0.3 is 0 Å². The molecule has 0 saturated heterocycles. The third-order valence-electron chi connectivity index (χ3n) is 4.72. The first kappa shape index (κ1) is 18.3. The number of ether oxygens (including phenoxy) is 1. The minimum Gasteiger partial charge on any atom is -0.483 e. The Bertz CT molecular complexity index is 553. The molecule has 2 amide bonds. The highest BCUT2D eigenvalue weighted by molar-refractivity contribution is 5.84. The molecule has 24 heavy (non-hydrogen) atoms. The van der Waals surface area contributed by atoms with Crippen molar-refractivity contribution in [1.29, 1.82) is 0 Å². The summed E-state index contributed by atoms with van der Waals surface area (Å²) >= 11 is 0. The van der Waals surface area contributed by atoms with E-state index in [2.05, 4.69) is 24.7 Å². The van der Waals surface area contributed by atoms with Crippen LogP contribution in [0.15, 0.2) is 24.3 Å². The summed E-state index contributed by atoms with van der Waals surface area (Å²) in [6.45, 7) is 4.14. The Morgan fingerprint density at radius 2 is 1.88 bits per heavy atom. The van der Waals surface area contributed by atoms with Crippen LogP contribution < -0.4 is 15.6 Å². The monoisotopic (exact) mass is 332 g/mol. The molecule has 0 spiro atoms. The van der Waals surface area contributed by atoms with Crippen molar-refractivity contribution in [2.75, 3.05) is 6.61 Å². The minimum atomic E-state index is -0.349. The van der Waals surface area contributed by atoms with Crippen LogP contribution in [0.2, 0.25) is 0 Å². The van der Waals surface area contributed by atoms with E-state index in [1.807, 2.05) is 24.3 Å². The van der Waals surface area contributed by atoms with Crippen LogP contribution in [0.1, 0.15) is 63.9 Å². The van der Waals surface area contributed by atoms with Crippen LogP contribution in [0.3, 0.4) is 0 Å². The summed E-state index contributed by atoms with van der Waals surface area (Å²) in [5.74, 6) is 0.670. The summed E-state index contributed by atoms with van der Waals surface area (Å²) in [7, 11) is 0. The first-order valence-electron chi connectivity index (χ1n) is 8.92. The van der Waals surface area contributed by atoms with Crippen molar-refractivity contribution >= 4 is 11.8 Å². The Hall–Kier alpha value is -2.04. The number of rotatable bonds is 6. The number of nitrogens with one attached hydrogen (secondary N) is 2. The zero-order valence-corrected chi connectivity index (χ0v) is 14.6. The first-order chi connectivity index (χ1) is 11.6. The van der Waals surface area contributed by atoms with E-state index < -0.39 is 0 Å². The van der Waals surface area contributed by atoms with E-state index in [4.69, 9.17) is 4.74 Å². The van der Waals surface area contributed by atoms with Crippen LogP contribution >= 0.6 is 0 Å². The molecular weight excluding hydrogens is 304 g/mol. The molecule has 1 saturated carbocycles. The maximum Gasteiger partial charge on any atom is 0.276 e. The number of para-hydroxylation sites is 1. The molecule has 2 N–H and O–H groups in total. The first-order valence-corrected chi connectivity index (χ1v) is 8.92. The lowest BCUT2D eigenvalue weighted by Crippen LogP contribution is -2.46. The SMILES string of the molecule is CCC(C)c1ccccc1OCC(=O)NNC(=O)C1CCCCC1. The third-order valence-corrected chi connectivity index (χ3v) is 4.72. The molecule has 0 heterocycles. The normalized spacial score (nSPS) is 16.2. The van der Waals surface area contributed by atoms with Crippen LogP contribution in [0, 0.1) is 5.92 Å². The van der Waals surface area contributed by atoms with Gasteiger partial charge in [-0.25, -0.2) is 0 Å². The van der Waals surface area contributed by atoms with Crippen molar-refractivity contribution in [2.24, 2.45) is 5.92 Å². The van der Waals surface area contributed by atoms with E-state index >= 15 is 0 Å². The second kappa shape index (κ2) is 9.30. The topological polar surface area (TPSA) is 67.4 Å². The predicted molar refractivity (Wildman–Crippen MR) is 93.5 cm³/mol. The van der Waals surface area contributed by atoms with Gasteiger partial charge in [-0.05, 0) is 36.8 Å². The third kappa shape index (κ3) is 5.25. The molecule has 1 aliphatic carbocycles. The highest BCUT2D eigenvalue weighted by Gasteiger charge is 2.21. The average Bonchev–Trinajstić information content (AvgIpc) is 2.64. The molecular formula is C19H28N2O3. The number of carbonyl (C=O) groups is 2. The standard InChI is InChI=1S/C19H28N2O3/c1-3-14(2)16-11-7-8-12-17(16)24-13-18(22)20-21-19(23)15-9-5-4-6-10-15/h7-8,11-12,14-15H,3-6,9-10,13H2,1-2H3,(H,20,22)(H,21,23). The van der Waals surface area contributed by atoms with Gasteiger partial charge in [-0.2, -0.15) is 0 Å². The molecule has 5 nitrogen and oxygen atoms in total. The molecule has 132 valence electrons. The molecule has 0 aromatic heterocycles. The van der Waals surface area contributed by atoms with Crippen LogP contribution in [-0.2, 0) is 9.59 Å². The second-order valence-electron chi connectivity index (χ2n) is 6.51. The van der Waals surface area contributed by atoms with Gasteiger partial charge in [0.25, 0.3) is 5.91 Å². The van der Waals surface area contributed by atoms with Gasteiger partial charge in [0, 0.05) is 5.92 Å². The van der Waals surface area contributed by atoms with Gasteiger partial charge < -0.3 is 4.74 Å². The summed E-state index contributed by atoms with van der Waals surface area (Å²) in [4.78, 5) is 23.9. The minimum absolute atomic E-state index is 0.0195. The molecule has 1 fully saturated rings. The molecule has 0 radical (unpaired) electrons. The Labute approximate surface area is 144 Å². The van der Waals surface area contributed by atoms with Gasteiger partial charge in [-0.1, -0.05) is 51.3 Å². The number of hydrogen-bond donors (Lipinski definition) is 2. The van der Waals surface area contributed by atoms with Gasteiger partial charge in [-0.3, -0.25) is 20.4 Å². The molecule has 2 rings (SSSR count). The summed E-state index contributed by atoms with van der Waals surface area (Å²) in [5, 5.41) is 0. The smallest absolute Gasteiger partial charge is 0.276 e. The maximum atomic E-state index is 12.0. The lowest BCUT2D eigenvalue weighted by Gasteiger charge is -2.21. The zero-order valence-electron chi connectivity index (χ0n) is 14.6. The number of benzene rings is 1. The summed E-state index contributed by atoms with van der Waals surface area (Å²) < 4.78 is 5.64. The molecule has 1 aromatic carbocycles. The van der Waals surface area contributed by atoms with Crippen molar-refractivity contribution in [1.82, 2.24) is 10.9 Å². The Morgan fingerprint density at radius 3 is 2.58 bits per heavy atom. The molecule has 1 atom stereocenters. The maximum absolute atomic E-state index is 12.0. The van der Waals surface area contributed by atoms with E-state index in [9.17, 15) is 9.59 Å². The number of carbonyl (C=O) groups excluding carboxylic acids is 2. The van der Waals surface area contributed by atoms with Gasteiger partial charge in [0.05, 0.1) is 0 Å². The Morgan fingerprint density at radius 1 is 1.17 bits per heavy atom. The van der Waals surface area contributed by atoms with Crippen LogP contribution in [0.25, 0.3) is 0 Å². The van der Waals surface area contributed by atoms with Gasteiger partial charge in [-0.15, -0.1) is 0 Å². The van der Waals surface area contributed by atoms with E-state index in [1.165, 1.54) is 6.42 Å². The molecule has 5 heteroatoms. The Balaban J connectivity index is 1.78. The van der Waals surface area contributed by atoms with Gasteiger partial charge in [0.2, 0.25) is 5.91 Å². The van der Waals surface area contributed by atoms with E-state index in [0.717, 1.165) is 43.4 Å². The predicted octanol–water partition coefficient (Wildman–Crippen LogP) is 3.31. The van der Waals surface area contributed by atoms with E-state index in [0.29, 0.717) is 5.92 Å². The molecule has 0 aliphatic heterocycles. The summed E-state index contributed by atoms with van der Waals surface area (Å²) in [6.07, 6.45) is 6.17. The molecule has 1 aromatic rings. The van der Waals surface area contributed by atoms with Gasteiger partial charge in [0.1, 0.15) is 5.75 Å². The Kier molecular flexibility index (Phi) is 7.09. The lowest BCUT2D eigenvalue weighted by molar-refractivity contribution is -0.132.